The number of carbonyl (C=O) groups is 1. The van der Waals surface area contributed by atoms with Gasteiger partial charge in [0.05, 0.1) is 12.4 Å². The molecule has 0 fully saturated rings. The molecule has 0 saturated heterocycles. The number of halogens is 3. The lowest BCUT2D eigenvalue weighted by Crippen LogP contribution is -2.15. The third kappa shape index (κ3) is 3.30. The molecule has 112 valence electrons. The van der Waals surface area contributed by atoms with Gasteiger partial charge in [-0.25, -0.2) is 4.98 Å². The summed E-state index contributed by atoms with van der Waals surface area (Å²) >= 11 is 0. The molecule has 9 heteroatoms. The predicted molar refractivity (Wildman–Crippen MR) is 65.7 cm³/mol. The van der Waals surface area contributed by atoms with E-state index in [0.29, 0.717) is 12.6 Å². The van der Waals surface area contributed by atoms with Crippen molar-refractivity contribution < 1.29 is 22.7 Å². The first-order valence-corrected chi connectivity index (χ1v) is 5.89. The van der Waals surface area contributed by atoms with Crippen LogP contribution in [-0.4, -0.2) is 20.7 Å². The molecule has 6 nitrogen and oxygen atoms in total. The summed E-state index contributed by atoms with van der Waals surface area (Å²) in [4.78, 5) is 14.5. The van der Waals surface area contributed by atoms with Gasteiger partial charge in [-0.05, 0) is 19.1 Å². The van der Waals surface area contributed by atoms with Gasteiger partial charge in [-0.1, -0.05) is 0 Å². The second-order valence-corrected chi connectivity index (χ2v) is 4.05. The average Bonchev–Trinajstić information content (AvgIpc) is 2.85. The Morgan fingerprint density at radius 2 is 2.14 bits per heavy atom. The smallest absolute Gasteiger partial charge is 0.433 e. The van der Waals surface area contributed by atoms with Gasteiger partial charge >= 0.3 is 6.18 Å². The van der Waals surface area contributed by atoms with Crippen molar-refractivity contribution in [2.45, 2.75) is 19.6 Å². The van der Waals surface area contributed by atoms with E-state index in [4.69, 9.17) is 10.5 Å². The lowest BCUT2D eigenvalue weighted by Gasteiger charge is -2.10. The number of amides is 1. The second-order valence-electron chi connectivity index (χ2n) is 4.05. The molecule has 2 aromatic rings. The molecule has 21 heavy (non-hydrogen) atoms. The summed E-state index contributed by atoms with van der Waals surface area (Å²) in [6.07, 6.45) is -1.88. The topological polar surface area (TPSA) is 83.0 Å². The molecule has 0 bridgehead atoms. The van der Waals surface area contributed by atoms with Crippen molar-refractivity contribution in [3.63, 3.8) is 0 Å². The zero-order valence-electron chi connectivity index (χ0n) is 10.9. The van der Waals surface area contributed by atoms with Gasteiger partial charge in [0.15, 0.2) is 5.75 Å². The monoisotopic (exact) mass is 300 g/mol. The lowest BCUT2D eigenvalue weighted by molar-refractivity contribution is -0.141. The van der Waals surface area contributed by atoms with Crippen LogP contribution >= 0.6 is 0 Å². The fourth-order valence-electron chi connectivity index (χ4n) is 1.55. The van der Waals surface area contributed by atoms with Gasteiger partial charge in [-0.15, -0.1) is 0 Å². The van der Waals surface area contributed by atoms with Crippen molar-refractivity contribution >= 4 is 5.91 Å². The SMILES string of the molecule is CCn1cc(Oc2nc(C(F)(F)F)ccc2C(N)=O)cn1. The summed E-state index contributed by atoms with van der Waals surface area (Å²) in [5.41, 5.74) is 3.68. The van der Waals surface area contributed by atoms with Gasteiger partial charge in [0.25, 0.3) is 5.91 Å². The Kier molecular flexibility index (Phi) is 3.83. The van der Waals surface area contributed by atoms with Crippen molar-refractivity contribution in [1.82, 2.24) is 14.8 Å². The van der Waals surface area contributed by atoms with Crippen LogP contribution in [-0.2, 0) is 12.7 Å². The minimum absolute atomic E-state index is 0.158. The number of aromatic nitrogens is 3. The molecule has 1 amide bonds. The van der Waals surface area contributed by atoms with Crippen LogP contribution in [0.4, 0.5) is 13.2 Å². The fourth-order valence-corrected chi connectivity index (χ4v) is 1.55. The molecule has 2 heterocycles. The molecule has 2 aromatic heterocycles. The second kappa shape index (κ2) is 5.43. The Hall–Kier alpha value is -2.58. The zero-order chi connectivity index (χ0) is 15.6. The van der Waals surface area contributed by atoms with E-state index >= 15 is 0 Å². The lowest BCUT2D eigenvalue weighted by atomic mass is 10.2. The van der Waals surface area contributed by atoms with Gasteiger partial charge in [-0.3, -0.25) is 9.48 Å². The maximum absolute atomic E-state index is 12.6. The summed E-state index contributed by atoms with van der Waals surface area (Å²) in [6, 6.07) is 1.60. The minimum Gasteiger partial charge on any atom is -0.435 e. The number of rotatable bonds is 4. The van der Waals surface area contributed by atoms with E-state index in [9.17, 15) is 18.0 Å². The average molecular weight is 300 g/mol. The normalized spacial score (nSPS) is 11.4. The first-order valence-electron chi connectivity index (χ1n) is 5.89. The molecular weight excluding hydrogens is 289 g/mol. The zero-order valence-corrected chi connectivity index (χ0v) is 10.9. The molecule has 2 N–H and O–H groups in total. The van der Waals surface area contributed by atoms with Crippen molar-refractivity contribution in [2.24, 2.45) is 5.73 Å². The van der Waals surface area contributed by atoms with Crippen LogP contribution in [0.2, 0.25) is 0 Å². The number of pyridine rings is 1. The van der Waals surface area contributed by atoms with Gasteiger partial charge in [0.1, 0.15) is 11.3 Å². The molecule has 0 saturated carbocycles. The quantitative estimate of drug-likeness (QED) is 0.938. The van der Waals surface area contributed by atoms with Gasteiger partial charge in [0, 0.05) is 6.54 Å². The van der Waals surface area contributed by atoms with Gasteiger partial charge in [-0.2, -0.15) is 18.3 Å². The number of hydrogen-bond donors (Lipinski definition) is 1. The third-order valence-electron chi connectivity index (χ3n) is 2.56. The number of carbonyl (C=O) groups excluding carboxylic acids is 1. The Bertz CT molecular complexity index is 667. The Balaban J connectivity index is 2.41. The number of alkyl halides is 3. The molecule has 2 rings (SSSR count). The van der Waals surface area contributed by atoms with E-state index in [1.807, 2.05) is 6.92 Å². The van der Waals surface area contributed by atoms with E-state index in [2.05, 4.69) is 10.1 Å². The molecule has 0 spiro atoms. The molecule has 0 radical (unpaired) electrons. The van der Waals surface area contributed by atoms with Crippen LogP contribution < -0.4 is 10.5 Å². The standard InChI is InChI=1S/C12H11F3N4O2/c1-2-19-6-7(5-17-19)21-11-8(10(16)20)3-4-9(18-11)12(13,14)15/h3-6H,2H2,1H3,(H2,16,20). The first kappa shape index (κ1) is 14.8. The maximum atomic E-state index is 12.6. The first-order chi connectivity index (χ1) is 9.81. The van der Waals surface area contributed by atoms with Crippen molar-refractivity contribution in [2.75, 3.05) is 0 Å². The van der Waals surface area contributed by atoms with E-state index in [-0.39, 0.29) is 11.3 Å². The van der Waals surface area contributed by atoms with Crippen molar-refractivity contribution in [3.8, 4) is 11.6 Å². The van der Waals surface area contributed by atoms with E-state index < -0.39 is 23.7 Å². The van der Waals surface area contributed by atoms with Crippen molar-refractivity contribution in [1.29, 1.82) is 0 Å². The van der Waals surface area contributed by atoms with Crippen LogP contribution in [0.3, 0.4) is 0 Å². The van der Waals surface area contributed by atoms with Crippen molar-refractivity contribution in [3.05, 3.63) is 35.8 Å². The van der Waals surface area contributed by atoms with E-state index in [1.54, 1.807) is 0 Å². The summed E-state index contributed by atoms with van der Waals surface area (Å²) in [7, 11) is 0. The molecule has 0 atom stereocenters. The van der Waals surface area contributed by atoms with E-state index in [0.717, 1.165) is 6.07 Å². The van der Waals surface area contributed by atoms with Crippen LogP contribution in [0.15, 0.2) is 24.5 Å². The van der Waals surface area contributed by atoms with Crippen LogP contribution in [0.5, 0.6) is 11.6 Å². The van der Waals surface area contributed by atoms with Crippen LogP contribution in [0, 0.1) is 0 Å². The summed E-state index contributed by atoms with van der Waals surface area (Å²) < 4.78 is 44.6. The Labute approximate surface area is 117 Å². The summed E-state index contributed by atoms with van der Waals surface area (Å²) in [5, 5.41) is 3.90. The minimum atomic E-state index is -4.65. The summed E-state index contributed by atoms with van der Waals surface area (Å²) in [6.45, 7) is 2.39. The highest BCUT2D eigenvalue weighted by Crippen LogP contribution is 2.31. The van der Waals surface area contributed by atoms with Gasteiger partial charge < -0.3 is 10.5 Å². The fraction of sp³-hybridized carbons (Fsp3) is 0.250. The predicted octanol–water partition coefficient (Wildman–Crippen LogP) is 2.21. The van der Waals surface area contributed by atoms with E-state index in [1.165, 1.54) is 17.1 Å². The number of nitrogens with zero attached hydrogens (tertiary/aromatic N) is 3. The number of primary amides is 1. The highest BCUT2D eigenvalue weighted by molar-refractivity contribution is 5.95. The maximum Gasteiger partial charge on any atom is 0.433 e. The molecule has 0 aliphatic carbocycles. The van der Waals surface area contributed by atoms with Crippen LogP contribution in [0.25, 0.3) is 0 Å². The largest absolute Gasteiger partial charge is 0.435 e. The highest BCUT2D eigenvalue weighted by Gasteiger charge is 2.33. The number of hydrogen-bond acceptors (Lipinski definition) is 4. The Morgan fingerprint density at radius 3 is 2.67 bits per heavy atom. The number of nitrogens with two attached hydrogens (primary N) is 1. The highest BCUT2D eigenvalue weighted by atomic mass is 19.4. The van der Waals surface area contributed by atoms with Gasteiger partial charge in [0.2, 0.25) is 5.88 Å². The molecule has 0 unspecified atom stereocenters. The molecule has 0 aromatic carbocycles. The number of aryl methyl sites for hydroxylation is 1. The Morgan fingerprint density at radius 1 is 1.43 bits per heavy atom. The molecule has 0 aliphatic rings. The summed E-state index contributed by atoms with van der Waals surface area (Å²) in [5.74, 6) is -1.28. The molecule has 0 aliphatic heterocycles. The third-order valence-corrected chi connectivity index (χ3v) is 2.56. The van der Waals surface area contributed by atoms with Crippen LogP contribution in [0.1, 0.15) is 23.0 Å². The number of ether oxygens (including phenoxy) is 1. The molecular formula is C12H11F3N4O2.